The van der Waals surface area contributed by atoms with E-state index in [2.05, 4.69) is 18.5 Å². The third-order valence-corrected chi connectivity index (χ3v) is 4.22. The molecule has 0 aliphatic heterocycles. The summed E-state index contributed by atoms with van der Waals surface area (Å²) in [5.74, 6) is 0.727. The van der Waals surface area contributed by atoms with Crippen LogP contribution in [-0.4, -0.2) is 17.2 Å². The molecule has 3 nitrogen and oxygen atoms in total. The highest BCUT2D eigenvalue weighted by molar-refractivity contribution is 6.30. The van der Waals surface area contributed by atoms with Crippen molar-refractivity contribution >= 4 is 22.5 Å². The molecule has 0 fully saturated rings. The number of fused-ring (bicyclic) bond motifs is 1. The van der Waals surface area contributed by atoms with Gasteiger partial charge in [0.25, 0.3) is 0 Å². The molecule has 22 heavy (non-hydrogen) atoms. The van der Waals surface area contributed by atoms with E-state index < -0.39 is 6.10 Å². The topological polar surface area (TPSA) is 42.4 Å². The molecular weight excluding hydrogens is 298 g/mol. The molecule has 1 aromatic carbocycles. The van der Waals surface area contributed by atoms with E-state index in [-0.39, 0.29) is 5.92 Å². The molecule has 2 rings (SSSR count). The molecule has 0 bridgehead atoms. The van der Waals surface area contributed by atoms with Gasteiger partial charge in [0.1, 0.15) is 10.9 Å². The van der Waals surface area contributed by atoms with Crippen LogP contribution in [0.3, 0.4) is 0 Å². The molecule has 0 radical (unpaired) electrons. The Bertz CT molecular complexity index is 657. The number of hydrogen-bond donors (Lipinski definition) is 1. The van der Waals surface area contributed by atoms with Crippen molar-refractivity contribution in [2.45, 2.75) is 32.3 Å². The molecule has 0 aliphatic carbocycles. The highest BCUT2D eigenvalue weighted by Crippen LogP contribution is 2.33. The molecule has 0 unspecified atom stereocenters. The lowest BCUT2D eigenvalue weighted by Crippen LogP contribution is -2.11. The summed E-state index contributed by atoms with van der Waals surface area (Å²) in [5, 5.41) is 11.9. The van der Waals surface area contributed by atoms with Gasteiger partial charge in [-0.25, -0.2) is 4.98 Å². The van der Waals surface area contributed by atoms with Gasteiger partial charge in [0, 0.05) is 16.9 Å². The first kappa shape index (κ1) is 16.8. The van der Waals surface area contributed by atoms with Crippen LogP contribution in [0.1, 0.15) is 37.9 Å². The van der Waals surface area contributed by atoms with Crippen LogP contribution in [0.15, 0.2) is 36.9 Å². The predicted molar refractivity (Wildman–Crippen MR) is 91.5 cm³/mol. The van der Waals surface area contributed by atoms with Gasteiger partial charge in [-0.1, -0.05) is 37.4 Å². The summed E-state index contributed by atoms with van der Waals surface area (Å²) in [7, 11) is 1.62. The monoisotopic (exact) mass is 319 g/mol. The van der Waals surface area contributed by atoms with Gasteiger partial charge >= 0.3 is 0 Å². The molecule has 2 atom stereocenters. The molecule has 0 saturated carbocycles. The lowest BCUT2D eigenvalue weighted by molar-refractivity contribution is 0.125. The Kier molecular flexibility index (Phi) is 5.81. The summed E-state index contributed by atoms with van der Waals surface area (Å²) in [6, 6.07) is 7.48. The van der Waals surface area contributed by atoms with Gasteiger partial charge in [-0.15, -0.1) is 6.58 Å². The second-order valence-corrected chi connectivity index (χ2v) is 5.77. The highest BCUT2D eigenvalue weighted by atomic mass is 35.5. The Labute approximate surface area is 136 Å². The van der Waals surface area contributed by atoms with Crippen molar-refractivity contribution in [3.05, 3.63) is 47.6 Å². The van der Waals surface area contributed by atoms with Crippen LogP contribution in [0.4, 0.5) is 0 Å². The van der Waals surface area contributed by atoms with Crippen molar-refractivity contribution in [1.82, 2.24) is 4.98 Å². The number of hydrogen-bond acceptors (Lipinski definition) is 3. The van der Waals surface area contributed by atoms with Gasteiger partial charge in [-0.3, -0.25) is 0 Å². The number of nitrogens with zero attached hydrogens (tertiary/aromatic N) is 1. The van der Waals surface area contributed by atoms with Gasteiger partial charge in [0.2, 0.25) is 0 Å². The summed E-state index contributed by atoms with van der Waals surface area (Å²) in [6.07, 6.45) is 4.11. The number of benzene rings is 1. The average Bonchev–Trinajstić information content (AvgIpc) is 2.54. The fourth-order valence-corrected chi connectivity index (χ4v) is 2.81. The molecule has 4 heteroatoms. The summed E-state index contributed by atoms with van der Waals surface area (Å²) in [4.78, 5) is 4.38. The molecule has 2 aromatic rings. The lowest BCUT2D eigenvalue weighted by atomic mass is 9.91. The lowest BCUT2D eigenvalue weighted by Gasteiger charge is -2.21. The number of rotatable bonds is 7. The zero-order valence-electron chi connectivity index (χ0n) is 13.1. The van der Waals surface area contributed by atoms with Crippen molar-refractivity contribution in [2.24, 2.45) is 5.92 Å². The zero-order valence-corrected chi connectivity index (χ0v) is 13.8. The van der Waals surface area contributed by atoms with Crippen LogP contribution >= 0.6 is 11.6 Å². The fourth-order valence-electron chi connectivity index (χ4n) is 2.56. The minimum Gasteiger partial charge on any atom is -0.497 e. The van der Waals surface area contributed by atoms with Gasteiger partial charge in [-0.2, -0.15) is 0 Å². The first-order valence-corrected chi connectivity index (χ1v) is 7.93. The molecule has 1 heterocycles. The van der Waals surface area contributed by atoms with Crippen molar-refractivity contribution in [3.63, 3.8) is 0 Å². The van der Waals surface area contributed by atoms with E-state index in [1.54, 1.807) is 13.2 Å². The molecule has 0 amide bonds. The van der Waals surface area contributed by atoms with Gasteiger partial charge in [-0.05, 0) is 30.7 Å². The van der Waals surface area contributed by atoms with E-state index in [4.69, 9.17) is 16.3 Å². The standard InChI is InChI=1S/C18H22ClNO2/c1-4-6-7-12(5-2)17(21)15-11-13-10-14(22-3)8-9-16(13)20-18(15)19/h5,8-12,17,21H,2,4,6-7H2,1,3H3/t12-,17+/m1/s1. The van der Waals surface area contributed by atoms with Crippen LogP contribution in [0.25, 0.3) is 10.9 Å². The quantitative estimate of drug-likeness (QED) is 0.581. The number of pyridine rings is 1. The maximum Gasteiger partial charge on any atom is 0.135 e. The van der Waals surface area contributed by atoms with Crippen molar-refractivity contribution < 1.29 is 9.84 Å². The molecule has 0 spiro atoms. The number of aliphatic hydroxyl groups excluding tert-OH is 1. The third kappa shape index (κ3) is 3.60. The van der Waals surface area contributed by atoms with E-state index in [1.165, 1.54) is 0 Å². The second-order valence-electron chi connectivity index (χ2n) is 5.41. The van der Waals surface area contributed by atoms with Gasteiger partial charge in [0.05, 0.1) is 18.7 Å². The Morgan fingerprint density at radius 3 is 2.82 bits per heavy atom. The number of halogens is 1. The zero-order chi connectivity index (χ0) is 16.1. The van der Waals surface area contributed by atoms with Crippen LogP contribution < -0.4 is 4.74 Å². The van der Waals surface area contributed by atoms with E-state index in [0.29, 0.717) is 10.7 Å². The number of aromatic nitrogens is 1. The predicted octanol–water partition coefficient (Wildman–Crippen LogP) is 4.92. The molecule has 1 aromatic heterocycles. The summed E-state index contributed by atoms with van der Waals surface area (Å²) >= 11 is 6.27. The number of ether oxygens (including phenoxy) is 1. The molecular formula is C18H22ClNO2. The Balaban J connectivity index is 2.40. The summed E-state index contributed by atoms with van der Waals surface area (Å²) < 4.78 is 5.24. The van der Waals surface area contributed by atoms with Crippen LogP contribution in [0.2, 0.25) is 5.15 Å². The Hall–Kier alpha value is -1.58. The first-order chi connectivity index (χ1) is 10.6. The first-order valence-electron chi connectivity index (χ1n) is 7.55. The van der Waals surface area contributed by atoms with E-state index in [1.807, 2.05) is 24.3 Å². The highest BCUT2D eigenvalue weighted by Gasteiger charge is 2.21. The number of methoxy groups -OCH3 is 1. The van der Waals surface area contributed by atoms with Gasteiger partial charge < -0.3 is 9.84 Å². The summed E-state index contributed by atoms with van der Waals surface area (Å²) in [6.45, 7) is 5.96. The SMILES string of the molecule is C=C[C@H](CCCC)[C@H](O)c1cc2cc(OC)ccc2nc1Cl. The minimum absolute atomic E-state index is 0.0256. The minimum atomic E-state index is -0.695. The number of unbranched alkanes of at least 4 members (excludes halogenated alkanes) is 1. The van der Waals surface area contributed by atoms with Gasteiger partial charge in [0.15, 0.2) is 0 Å². The third-order valence-electron chi connectivity index (χ3n) is 3.92. The fraction of sp³-hybridized carbons (Fsp3) is 0.389. The molecule has 118 valence electrons. The van der Waals surface area contributed by atoms with E-state index in [9.17, 15) is 5.11 Å². The molecule has 0 aliphatic rings. The normalized spacial score (nSPS) is 13.8. The Morgan fingerprint density at radius 2 is 2.18 bits per heavy atom. The smallest absolute Gasteiger partial charge is 0.135 e. The largest absolute Gasteiger partial charge is 0.497 e. The maximum atomic E-state index is 10.6. The Morgan fingerprint density at radius 1 is 1.41 bits per heavy atom. The summed E-state index contributed by atoms with van der Waals surface area (Å²) in [5.41, 5.74) is 1.42. The van der Waals surface area contributed by atoms with Crippen molar-refractivity contribution in [2.75, 3.05) is 7.11 Å². The van der Waals surface area contributed by atoms with Crippen LogP contribution in [-0.2, 0) is 0 Å². The number of aliphatic hydroxyl groups is 1. The van der Waals surface area contributed by atoms with E-state index in [0.717, 1.165) is 35.9 Å². The molecule has 1 N–H and O–H groups in total. The average molecular weight is 320 g/mol. The molecule has 0 saturated heterocycles. The van der Waals surface area contributed by atoms with Crippen LogP contribution in [0.5, 0.6) is 5.75 Å². The van der Waals surface area contributed by atoms with Crippen molar-refractivity contribution in [3.8, 4) is 5.75 Å². The van der Waals surface area contributed by atoms with Crippen LogP contribution in [0, 0.1) is 5.92 Å². The second kappa shape index (κ2) is 7.61. The maximum absolute atomic E-state index is 10.6. The van der Waals surface area contributed by atoms with Crippen molar-refractivity contribution in [1.29, 1.82) is 0 Å². The van der Waals surface area contributed by atoms with E-state index >= 15 is 0 Å².